The molecule has 7 nitrogen and oxygen atoms in total. The molecule has 0 aromatic heterocycles. The van der Waals surface area contributed by atoms with Gasteiger partial charge in [0.15, 0.2) is 9.84 Å². The van der Waals surface area contributed by atoms with E-state index < -0.39 is 25.4 Å². The van der Waals surface area contributed by atoms with Gasteiger partial charge in [0.1, 0.15) is 5.54 Å². The monoisotopic (exact) mass is 372 g/mol. The number of nitrogens with zero attached hydrogens (tertiary/aromatic N) is 1. The molecule has 1 amide bonds. The maximum atomic E-state index is 13.0. The normalized spacial score (nSPS) is 25.8. The first kappa shape index (κ1) is 17.4. The van der Waals surface area contributed by atoms with E-state index in [-0.39, 0.29) is 15.7 Å². The number of carbonyl (C=O) groups is 1. The smallest absolute Gasteiger partial charge is 0.244 e. The molecule has 1 aromatic rings. The van der Waals surface area contributed by atoms with Crippen molar-refractivity contribution in [2.24, 2.45) is 0 Å². The van der Waals surface area contributed by atoms with Crippen LogP contribution in [0.2, 0.25) is 0 Å². The highest BCUT2D eigenvalue weighted by molar-refractivity contribution is 7.90. The quantitative estimate of drug-likeness (QED) is 0.834. The van der Waals surface area contributed by atoms with Crippen LogP contribution in [0.15, 0.2) is 34.1 Å². The number of nitrogens with one attached hydrogen (secondary N) is 1. The third-order valence-electron chi connectivity index (χ3n) is 4.74. The summed E-state index contributed by atoms with van der Waals surface area (Å²) in [5, 5.41) is 2.77. The topological polar surface area (TPSA) is 101 Å². The van der Waals surface area contributed by atoms with Crippen LogP contribution in [0.1, 0.15) is 25.7 Å². The van der Waals surface area contributed by atoms with E-state index in [0.717, 1.165) is 12.7 Å². The zero-order valence-corrected chi connectivity index (χ0v) is 15.0. The minimum atomic E-state index is -3.86. The number of sulfonamides is 1. The lowest BCUT2D eigenvalue weighted by molar-refractivity contribution is -0.131. The van der Waals surface area contributed by atoms with E-state index in [1.165, 1.54) is 28.6 Å². The fraction of sp³-hybridized carbons (Fsp3) is 0.533. The Labute approximate surface area is 142 Å². The van der Waals surface area contributed by atoms with Gasteiger partial charge in [-0.1, -0.05) is 0 Å². The lowest BCUT2D eigenvalue weighted by Gasteiger charge is -2.39. The van der Waals surface area contributed by atoms with E-state index in [0.29, 0.717) is 32.4 Å². The first-order chi connectivity index (χ1) is 11.2. The maximum Gasteiger partial charge on any atom is 0.244 e. The van der Waals surface area contributed by atoms with Crippen LogP contribution in [0.4, 0.5) is 0 Å². The summed E-state index contributed by atoms with van der Waals surface area (Å²) in [6.07, 6.45) is 3.47. The average molecular weight is 372 g/mol. The second kappa shape index (κ2) is 5.82. The van der Waals surface area contributed by atoms with Crippen LogP contribution < -0.4 is 5.32 Å². The molecule has 24 heavy (non-hydrogen) atoms. The third kappa shape index (κ3) is 2.74. The zero-order chi connectivity index (χ0) is 17.6. The molecule has 1 aromatic carbocycles. The molecule has 0 radical (unpaired) electrons. The van der Waals surface area contributed by atoms with Crippen molar-refractivity contribution < 1.29 is 21.6 Å². The summed E-state index contributed by atoms with van der Waals surface area (Å²) in [7, 11) is -7.26. The second-order valence-electron chi connectivity index (χ2n) is 6.32. The van der Waals surface area contributed by atoms with E-state index in [2.05, 4.69) is 5.32 Å². The van der Waals surface area contributed by atoms with Crippen molar-refractivity contribution in [3.8, 4) is 0 Å². The summed E-state index contributed by atoms with van der Waals surface area (Å²) in [4.78, 5) is 12.5. The largest absolute Gasteiger partial charge is 0.354 e. The highest BCUT2D eigenvalue weighted by Crippen LogP contribution is 2.39. The Morgan fingerprint density at radius 2 is 1.58 bits per heavy atom. The minimum absolute atomic E-state index is 0.00884. The van der Waals surface area contributed by atoms with Crippen LogP contribution in [0.25, 0.3) is 0 Å². The molecule has 9 heteroatoms. The fourth-order valence-corrected chi connectivity index (χ4v) is 5.99. The molecular weight excluding hydrogens is 352 g/mol. The summed E-state index contributed by atoms with van der Waals surface area (Å²) in [6.45, 7) is 0.862. The number of hydrogen-bond donors (Lipinski definition) is 1. The number of amides is 1. The van der Waals surface area contributed by atoms with Gasteiger partial charge in [0.05, 0.1) is 9.79 Å². The molecule has 2 aliphatic heterocycles. The van der Waals surface area contributed by atoms with Gasteiger partial charge in [0, 0.05) is 19.3 Å². The van der Waals surface area contributed by atoms with Crippen molar-refractivity contribution >= 4 is 25.8 Å². The van der Waals surface area contributed by atoms with Crippen molar-refractivity contribution in [3.05, 3.63) is 24.3 Å². The molecule has 1 N–H and O–H groups in total. The van der Waals surface area contributed by atoms with Crippen molar-refractivity contribution in [1.29, 1.82) is 0 Å². The summed E-state index contributed by atoms with van der Waals surface area (Å²) in [6, 6.07) is 5.15. The first-order valence-electron chi connectivity index (χ1n) is 7.79. The van der Waals surface area contributed by atoms with Gasteiger partial charge in [0.25, 0.3) is 0 Å². The van der Waals surface area contributed by atoms with Gasteiger partial charge in [-0.25, -0.2) is 16.8 Å². The van der Waals surface area contributed by atoms with Gasteiger partial charge in [0.2, 0.25) is 15.9 Å². The predicted molar refractivity (Wildman–Crippen MR) is 87.7 cm³/mol. The molecule has 2 fully saturated rings. The van der Waals surface area contributed by atoms with Gasteiger partial charge >= 0.3 is 0 Å². The SMILES string of the molecule is CS(=O)(=O)c1ccc(S(=O)(=O)N2CCCC23CCCNC3=O)cc1. The van der Waals surface area contributed by atoms with Crippen LogP contribution in [0, 0.1) is 0 Å². The van der Waals surface area contributed by atoms with Crippen molar-refractivity contribution in [2.75, 3.05) is 19.3 Å². The van der Waals surface area contributed by atoms with Crippen molar-refractivity contribution in [2.45, 2.75) is 41.0 Å². The van der Waals surface area contributed by atoms with Crippen LogP contribution >= 0.6 is 0 Å². The Bertz CT molecular complexity index is 862. The van der Waals surface area contributed by atoms with E-state index in [9.17, 15) is 21.6 Å². The molecule has 2 aliphatic rings. The Kier molecular flexibility index (Phi) is 4.21. The summed E-state index contributed by atoms with van der Waals surface area (Å²) in [5.74, 6) is -0.234. The van der Waals surface area contributed by atoms with E-state index in [1.54, 1.807) is 0 Å². The Hall–Kier alpha value is -1.45. The number of benzene rings is 1. The van der Waals surface area contributed by atoms with Gasteiger partial charge in [-0.05, 0) is 49.9 Å². The highest BCUT2D eigenvalue weighted by atomic mass is 32.2. The lowest BCUT2D eigenvalue weighted by atomic mass is 9.88. The minimum Gasteiger partial charge on any atom is -0.354 e. The lowest BCUT2D eigenvalue weighted by Crippen LogP contribution is -2.60. The second-order valence-corrected chi connectivity index (χ2v) is 10.2. The molecule has 1 unspecified atom stereocenters. The molecule has 3 rings (SSSR count). The van der Waals surface area contributed by atoms with Gasteiger partial charge in [-0.2, -0.15) is 4.31 Å². The van der Waals surface area contributed by atoms with Crippen LogP contribution in [0.5, 0.6) is 0 Å². The van der Waals surface area contributed by atoms with Crippen molar-refractivity contribution in [3.63, 3.8) is 0 Å². The predicted octanol–water partition coefficient (Wildman–Crippen LogP) is 0.523. The Balaban J connectivity index is 1.99. The van der Waals surface area contributed by atoms with Crippen LogP contribution in [-0.2, 0) is 24.7 Å². The van der Waals surface area contributed by atoms with Crippen LogP contribution in [-0.4, -0.2) is 51.9 Å². The summed E-state index contributed by atoms with van der Waals surface area (Å²) >= 11 is 0. The Morgan fingerprint density at radius 1 is 1.00 bits per heavy atom. The van der Waals surface area contributed by atoms with Crippen molar-refractivity contribution in [1.82, 2.24) is 9.62 Å². The van der Waals surface area contributed by atoms with Gasteiger partial charge < -0.3 is 5.32 Å². The third-order valence-corrected chi connectivity index (χ3v) is 7.85. The first-order valence-corrected chi connectivity index (χ1v) is 11.1. The standard InChI is InChI=1S/C15H20N2O5S2/c1-23(19,20)12-4-6-13(7-5-12)24(21,22)17-11-3-9-15(17)8-2-10-16-14(15)18/h4-7H,2-3,8-11H2,1H3,(H,16,18). The fourth-order valence-electron chi connectivity index (χ4n) is 3.53. The summed E-state index contributed by atoms with van der Waals surface area (Å²) < 4.78 is 50.4. The number of sulfone groups is 1. The molecule has 2 heterocycles. The number of hydrogen-bond acceptors (Lipinski definition) is 5. The zero-order valence-electron chi connectivity index (χ0n) is 13.4. The number of piperidine rings is 1. The molecule has 1 spiro atoms. The molecule has 0 aliphatic carbocycles. The maximum absolute atomic E-state index is 13.0. The number of carbonyl (C=O) groups excluding carboxylic acids is 1. The van der Waals surface area contributed by atoms with E-state index in [1.807, 2.05) is 0 Å². The number of rotatable bonds is 3. The van der Waals surface area contributed by atoms with E-state index in [4.69, 9.17) is 0 Å². The molecule has 132 valence electrons. The Morgan fingerprint density at radius 3 is 2.17 bits per heavy atom. The van der Waals surface area contributed by atoms with Gasteiger partial charge in [-0.3, -0.25) is 4.79 Å². The van der Waals surface area contributed by atoms with Crippen LogP contribution in [0.3, 0.4) is 0 Å². The molecule has 0 saturated carbocycles. The highest BCUT2D eigenvalue weighted by Gasteiger charge is 2.53. The molecular formula is C15H20N2O5S2. The molecule has 1 atom stereocenters. The molecule has 2 saturated heterocycles. The average Bonchev–Trinajstić information content (AvgIpc) is 2.95. The summed E-state index contributed by atoms with van der Waals surface area (Å²) in [5.41, 5.74) is -1.01. The van der Waals surface area contributed by atoms with E-state index >= 15 is 0 Å². The molecule has 0 bridgehead atoms. The van der Waals surface area contributed by atoms with Gasteiger partial charge in [-0.15, -0.1) is 0 Å².